The second kappa shape index (κ2) is 3.94. The zero-order valence-electron chi connectivity index (χ0n) is 8.03. The van der Waals surface area contributed by atoms with E-state index in [4.69, 9.17) is 9.94 Å². The quantitative estimate of drug-likeness (QED) is 0.429. The predicted molar refractivity (Wildman–Crippen MR) is 51.8 cm³/mol. The van der Waals surface area contributed by atoms with E-state index in [1.54, 1.807) is 7.11 Å². The van der Waals surface area contributed by atoms with E-state index >= 15 is 0 Å². The first-order valence-electron chi connectivity index (χ1n) is 4.02. The average Bonchev–Trinajstić information content (AvgIpc) is 2.14. The van der Waals surface area contributed by atoms with Crippen molar-refractivity contribution in [3.8, 4) is 5.75 Å². The van der Waals surface area contributed by atoms with Crippen LogP contribution in [-0.4, -0.2) is 18.5 Å². The van der Waals surface area contributed by atoms with Gasteiger partial charge in [-0.05, 0) is 42.7 Å². The molecule has 0 fully saturated rings. The van der Waals surface area contributed by atoms with Gasteiger partial charge in [0.2, 0.25) is 0 Å². The standard InChI is InChI=1S/C10H13NO2/c1-7-8(2)10(13-3)5-4-9(7)6-11-12/h4-6,12H,1-3H3/b11-6-. The zero-order chi connectivity index (χ0) is 9.84. The Morgan fingerprint density at radius 3 is 2.54 bits per heavy atom. The van der Waals surface area contributed by atoms with Crippen molar-refractivity contribution >= 4 is 6.21 Å². The molecular weight excluding hydrogens is 166 g/mol. The number of ether oxygens (including phenoxy) is 1. The van der Waals surface area contributed by atoms with Crippen LogP contribution in [0.5, 0.6) is 5.75 Å². The van der Waals surface area contributed by atoms with Crippen LogP contribution < -0.4 is 4.74 Å². The van der Waals surface area contributed by atoms with Crippen LogP contribution in [-0.2, 0) is 0 Å². The third kappa shape index (κ3) is 1.80. The molecule has 1 rings (SSSR count). The molecule has 0 unspecified atom stereocenters. The van der Waals surface area contributed by atoms with E-state index in [0.717, 1.165) is 22.4 Å². The zero-order valence-corrected chi connectivity index (χ0v) is 8.03. The molecule has 13 heavy (non-hydrogen) atoms. The Balaban J connectivity index is 3.22. The minimum absolute atomic E-state index is 0.854. The Morgan fingerprint density at radius 2 is 2.00 bits per heavy atom. The van der Waals surface area contributed by atoms with E-state index in [1.165, 1.54) is 6.21 Å². The van der Waals surface area contributed by atoms with Crippen LogP contribution in [0.15, 0.2) is 17.3 Å². The molecule has 0 saturated carbocycles. The van der Waals surface area contributed by atoms with Crippen LogP contribution in [0.3, 0.4) is 0 Å². The molecule has 0 aromatic heterocycles. The molecule has 3 nitrogen and oxygen atoms in total. The summed E-state index contributed by atoms with van der Waals surface area (Å²) in [7, 11) is 1.64. The molecule has 3 heteroatoms. The van der Waals surface area contributed by atoms with Gasteiger partial charge in [-0.2, -0.15) is 0 Å². The van der Waals surface area contributed by atoms with Crippen LogP contribution in [0, 0.1) is 13.8 Å². The van der Waals surface area contributed by atoms with E-state index in [9.17, 15) is 0 Å². The van der Waals surface area contributed by atoms with Gasteiger partial charge in [0.05, 0.1) is 13.3 Å². The number of rotatable bonds is 2. The number of oxime groups is 1. The monoisotopic (exact) mass is 179 g/mol. The number of hydrogen-bond acceptors (Lipinski definition) is 3. The van der Waals surface area contributed by atoms with Gasteiger partial charge >= 0.3 is 0 Å². The number of methoxy groups -OCH3 is 1. The van der Waals surface area contributed by atoms with E-state index < -0.39 is 0 Å². The van der Waals surface area contributed by atoms with Gasteiger partial charge in [-0.3, -0.25) is 0 Å². The normalized spacial score (nSPS) is 10.7. The Bertz CT molecular complexity index is 332. The first-order chi connectivity index (χ1) is 6.20. The third-order valence-electron chi connectivity index (χ3n) is 2.20. The van der Waals surface area contributed by atoms with Crippen LogP contribution in [0.4, 0.5) is 0 Å². The highest BCUT2D eigenvalue weighted by atomic mass is 16.5. The summed E-state index contributed by atoms with van der Waals surface area (Å²) in [5, 5.41) is 11.4. The maximum atomic E-state index is 8.40. The van der Waals surface area contributed by atoms with Crippen molar-refractivity contribution in [3.05, 3.63) is 28.8 Å². The van der Waals surface area contributed by atoms with Crippen LogP contribution in [0.1, 0.15) is 16.7 Å². The summed E-state index contributed by atoms with van der Waals surface area (Å²) in [5.74, 6) is 0.854. The minimum Gasteiger partial charge on any atom is -0.496 e. The Labute approximate surface area is 77.6 Å². The van der Waals surface area contributed by atoms with E-state index in [1.807, 2.05) is 26.0 Å². The molecule has 70 valence electrons. The van der Waals surface area contributed by atoms with E-state index in [2.05, 4.69) is 5.16 Å². The molecular formula is C10H13NO2. The molecule has 0 atom stereocenters. The maximum absolute atomic E-state index is 8.40. The maximum Gasteiger partial charge on any atom is 0.122 e. The highest BCUT2D eigenvalue weighted by Crippen LogP contribution is 2.22. The molecule has 0 heterocycles. The van der Waals surface area contributed by atoms with Crippen LogP contribution in [0.25, 0.3) is 0 Å². The molecule has 0 aliphatic heterocycles. The molecule has 0 saturated heterocycles. The largest absolute Gasteiger partial charge is 0.496 e. The molecule has 0 bridgehead atoms. The lowest BCUT2D eigenvalue weighted by Crippen LogP contribution is -1.94. The summed E-state index contributed by atoms with van der Waals surface area (Å²) in [6, 6.07) is 3.72. The summed E-state index contributed by atoms with van der Waals surface area (Å²) < 4.78 is 5.15. The smallest absolute Gasteiger partial charge is 0.122 e. The van der Waals surface area contributed by atoms with Gasteiger partial charge in [-0.25, -0.2) is 0 Å². The molecule has 0 radical (unpaired) electrons. The van der Waals surface area contributed by atoms with Crippen molar-refractivity contribution in [3.63, 3.8) is 0 Å². The summed E-state index contributed by atoms with van der Waals surface area (Å²) >= 11 is 0. The van der Waals surface area contributed by atoms with Gasteiger partial charge in [-0.15, -0.1) is 0 Å². The predicted octanol–water partition coefficient (Wildman–Crippen LogP) is 2.12. The first-order valence-corrected chi connectivity index (χ1v) is 4.02. The van der Waals surface area contributed by atoms with Crippen LogP contribution in [0.2, 0.25) is 0 Å². The van der Waals surface area contributed by atoms with E-state index in [0.29, 0.717) is 0 Å². The summed E-state index contributed by atoms with van der Waals surface area (Å²) in [6.07, 6.45) is 1.42. The number of nitrogens with zero attached hydrogens (tertiary/aromatic N) is 1. The topological polar surface area (TPSA) is 41.8 Å². The summed E-state index contributed by atoms with van der Waals surface area (Å²) in [4.78, 5) is 0. The lowest BCUT2D eigenvalue weighted by atomic mass is 10.0. The Kier molecular flexibility index (Phi) is 2.90. The van der Waals surface area contributed by atoms with Crippen molar-refractivity contribution in [1.29, 1.82) is 0 Å². The lowest BCUT2D eigenvalue weighted by molar-refractivity contribution is 0.322. The van der Waals surface area contributed by atoms with Crippen molar-refractivity contribution in [1.82, 2.24) is 0 Å². The average molecular weight is 179 g/mol. The van der Waals surface area contributed by atoms with Gasteiger partial charge in [-0.1, -0.05) is 5.16 Å². The first kappa shape index (κ1) is 9.58. The van der Waals surface area contributed by atoms with Gasteiger partial charge < -0.3 is 9.94 Å². The number of benzene rings is 1. The van der Waals surface area contributed by atoms with Gasteiger partial charge in [0.1, 0.15) is 5.75 Å². The minimum atomic E-state index is 0.854. The fourth-order valence-electron chi connectivity index (χ4n) is 1.24. The molecule has 0 aliphatic carbocycles. The van der Waals surface area contributed by atoms with Crippen molar-refractivity contribution in [2.24, 2.45) is 5.16 Å². The highest BCUT2D eigenvalue weighted by Gasteiger charge is 2.04. The lowest BCUT2D eigenvalue weighted by Gasteiger charge is -2.08. The molecule has 0 amide bonds. The second-order valence-corrected chi connectivity index (χ2v) is 2.85. The second-order valence-electron chi connectivity index (χ2n) is 2.85. The number of hydrogen-bond donors (Lipinski definition) is 1. The SMILES string of the molecule is COc1ccc(/C=N\O)c(C)c1C. The van der Waals surface area contributed by atoms with Crippen molar-refractivity contribution < 1.29 is 9.94 Å². The summed E-state index contributed by atoms with van der Waals surface area (Å²) in [5.41, 5.74) is 3.04. The van der Waals surface area contributed by atoms with Gasteiger partial charge in [0, 0.05) is 0 Å². The van der Waals surface area contributed by atoms with Gasteiger partial charge in [0.25, 0.3) is 0 Å². The third-order valence-corrected chi connectivity index (χ3v) is 2.20. The molecule has 1 aromatic rings. The molecule has 1 N–H and O–H groups in total. The molecule has 0 spiro atoms. The molecule has 1 aromatic carbocycles. The van der Waals surface area contributed by atoms with Crippen molar-refractivity contribution in [2.45, 2.75) is 13.8 Å². The van der Waals surface area contributed by atoms with Gasteiger partial charge in [0.15, 0.2) is 0 Å². The fraction of sp³-hybridized carbons (Fsp3) is 0.300. The Morgan fingerprint density at radius 1 is 1.31 bits per heavy atom. The fourth-order valence-corrected chi connectivity index (χ4v) is 1.24. The molecule has 0 aliphatic rings. The van der Waals surface area contributed by atoms with Crippen molar-refractivity contribution in [2.75, 3.05) is 7.11 Å². The summed E-state index contributed by atoms with van der Waals surface area (Å²) in [6.45, 7) is 3.94. The Hall–Kier alpha value is -1.51. The highest BCUT2D eigenvalue weighted by molar-refractivity contribution is 5.82. The van der Waals surface area contributed by atoms with Crippen LogP contribution >= 0.6 is 0 Å². The van der Waals surface area contributed by atoms with E-state index in [-0.39, 0.29) is 0 Å².